The van der Waals surface area contributed by atoms with Gasteiger partial charge in [0, 0.05) is 15.9 Å². The quantitative estimate of drug-likeness (QED) is 0.507. The van der Waals surface area contributed by atoms with Gasteiger partial charge in [-0.3, -0.25) is 4.79 Å². The Morgan fingerprint density at radius 1 is 1.26 bits per heavy atom. The highest BCUT2D eigenvalue weighted by Crippen LogP contribution is 2.82. The van der Waals surface area contributed by atoms with E-state index < -0.39 is 0 Å². The molecule has 126 valence electrons. The predicted octanol–water partition coefficient (Wildman–Crippen LogP) is 5.87. The molecule has 23 heavy (non-hydrogen) atoms. The maximum atomic E-state index is 13.1. The van der Waals surface area contributed by atoms with Crippen LogP contribution in [0.1, 0.15) is 39.2 Å². The van der Waals surface area contributed by atoms with Gasteiger partial charge in [-0.25, -0.2) is 0 Å². The third-order valence-electron chi connectivity index (χ3n) is 6.51. The standard InChI is InChI=1S/C18H22Br3NO/c1-4-11-5-7-12(8-6-11)22-15(23)18-10-9-17(13(18)19,14(20)21)16(18,2)3/h5-8,13-14H,4,9-10H2,1-3H3,(H,22,23). The van der Waals surface area contributed by atoms with Crippen LogP contribution in [0.25, 0.3) is 0 Å². The number of rotatable bonds is 4. The topological polar surface area (TPSA) is 29.1 Å². The molecule has 0 spiro atoms. The normalized spacial score (nSPS) is 34.3. The van der Waals surface area contributed by atoms with Crippen LogP contribution in [0.15, 0.2) is 24.3 Å². The lowest BCUT2D eigenvalue weighted by atomic mass is 9.43. The minimum absolute atomic E-state index is 0.0659. The first-order chi connectivity index (χ1) is 10.7. The Balaban J connectivity index is 1.85. The Bertz CT molecular complexity index is 628. The van der Waals surface area contributed by atoms with E-state index in [4.69, 9.17) is 0 Å². The fourth-order valence-electron chi connectivity index (χ4n) is 4.76. The van der Waals surface area contributed by atoms with E-state index in [0.29, 0.717) is 0 Å². The number of halogens is 3. The summed E-state index contributed by atoms with van der Waals surface area (Å²) in [6.07, 6.45) is 2.97. The first kappa shape index (κ1) is 17.9. The lowest BCUT2D eigenvalue weighted by molar-refractivity contribution is -0.155. The largest absolute Gasteiger partial charge is 0.326 e. The van der Waals surface area contributed by atoms with Crippen molar-refractivity contribution < 1.29 is 4.79 Å². The molecule has 1 N–H and O–H groups in total. The third kappa shape index (κ3) is 2.11. The molecule has 3 fully saturated rings. The van der Waals surface area contributed by atoms with Gasteiger partial charge in [-0.15, -0.1) is 0 Å². The summed E-state index contributed by atoms with van der Waals surface area (Å²) in [5.74, 6) is 0.141. The summed E-state index contributed by atoms with van der Waals surface area (Å²) in [7, 11) is 0. The van der Waals surface area contributed by atoms with Gasteiger partial charge >= 0.3 is 0 Å². The first-order valence-electron chi connectivity index (χ1n) is 8.06. The van der Waals surface area contributed by atoms with Crippen LogP contribution < -0.4 is 5.32 Å². The van der Waals surface area contributed by atoms with Gasteiger partial charge in [0.05, 0.1) is 9.15 Å². The van der Waals surface area contributed by atoms with E-state index in [9.17, 15) is 4.79 Å². The minimum Gasteiger partial charge on any atom is -0.326 e. The maximum Gasteiger partial charge on any atom is 0.232 e. The molecule has 4 rings (SSSR count). The second-order valence-electron chi connectivity index (χ2n) is 7.30. The molecule has 1 amide bonds. The van der Waals surface area contributed by atoms with Crippen molar-refractivity contribution in [3.8, 4) is 0 Å². The van der Waals surface area contributed by atoms with Gasteiger partial charge in [-0.05, 0) is 42.4 Å². The van der Waals surface area contributed by atoms with Crippen LogP contribution in [-0.4, -0.2) is 14.5 Å². The molecule has 3 atom stereocenters. The maximum absolute atomic E-state index is 13.1. The molecular weight excluding hydrogens is 486 g/mol. The molecule has 0 heterocycles. The second-order valence-corrected chi connectivity index (χ2v) is 11.3. The lowest BCUT2D eigenvalue weighted by Crippen LogP contribution is -2.71. The number of nitrogens with one attached hydrogen (secondary N) is 1. The number of fused-ring (bicyclic) bond motifs is 1. The van der Waals surface area contributed by atoms with E-state index in [0.717, 1.165) is 24.9 Å². The van der Waals surface area contributed by atoms with Crippen LogP contribution in [0, 0.1) is 16.2 Å². The van der Waals surface area contributed by atoms with Crippen molar-refractivity contribution in [3.63, 3.8) is 0 Å². The van der Waals surface area contributed by atoms with Crippen LogP contribution in [0.4, 0.5) is 5.69 Å². The molecule has 3 aliphatic rings. The molecule has 0 radical (unpaired) electrons. The van der Waals surface area contributed by atoms with Crippen molar-refractivity contribution >= 4 is 59.4 Å². The van der Waals surface area contributed by atoms with Gasteiger partial charge in [0.15, 0.2) is 0 Å². The average molecular weight is 508 g/mol. The number of benzene rings is 1. The van der Waals surface area contributed by atoms with Crippen molar-refractivity contribution in [1.82, 2.24) is 0 Å². The number of aryl methyl sites for hydroxylation is 1. The lowest BCUT2D eigenvalue weighted by Gasteiger charge is -2.66. The number of amides is 1. The Labute approximate surface area is 163 Å². The summed E-state index contributed by atoms with van der Waals surface area (Å²) in [5, 5.41) is 3.16. The van der Waals surface area contributed by atoms with Gasteiger partial charge in [0.1, 0.15) is 0 Å². The highest BCUT2D eigenvalue weighted by molar-refractivity contribution is 9.24. The summed E-state index contributed by atoms with van der Waals surface area (Å²) < 4.78 is 0.203. The van der Waals surface area contributed by atoms with Crippen LogP contribution in [0.3, 0.4) is 0 Å². The summed E-state index contributed by atoms with van der Waals surface area (Å²) in [6.45, 7) is 6.59. The van der Waals surface area contributed by atoms with Gasteiger partial charge in [-0.1, -0.05) is 80.7 Å². The van der Waals surface area contributed by atoms with Crippen LogP contribution >= 0.6 is 47.8 Å². The molecule has 2 bridgehead atoms. The number of anilines is 1. The van der Waals surface area contributed by atoms with Crippen LogP contribution in [0.5, 0.6) is 0 Å². The van der Waals surface area contributed by atoms with E-state index in [2.05, 4.69) is 86.0 Å². The number of alkyl halides is 3. The Hall–Kier alpha value is 0.130. The average Bonchev–Trinajstić information content (AvgIpc) is 2.98. The van der Waals surface area contributed by atoms with Crippen molar-refractivity contribution in [2.75, 3.05) is 5.32 Å². The number of carbonyl (C=O) groups excluding carboxylic acids is 1. The molecule has 3 aliphatic carbocycles. The van der Waals surface area contributed by atoms with Gasteiger partial charge in [0.2, 0.25) is 5.91 Å². The monoisotopic (exact) mass is 505 g/mol. The smallest absolute Gasteiger partial charge is 0.232 e. The Morgan fingerprint density at radius 3 is 2.30 bits per heavy atom. The molecule has 5 heteroatoms. The van der Waals surface area contributed by atoms with Crippen LogP contribution in [0.2, 0.25) is 0 Å². The van der Waals surface area contributed by atoms with Crippen molar-refractivity contribution in [2.45, 2.75) is 48.6 Å². The van der Waals surface area contributed by atoms with E-state index in [1.165, 1.54) is 5.56 Å². The fraction of sp³-hybridized carbons (Fsp3) is 0.611. The molecule has 0 aliphatic heterocycles. The second kappa shape index (κ2) is 5.84. The van der Waals surface area contributed by atoms with Crippen molar-refractivity contribution in [1.29, 1.82) is 0 Å². The van der Waals surface area contributed by atoms with E-state index in [1.54, 1.807) is 0 Å². The fourth-order valence-corrected chi connectivity index (χ4v) is 9.68. The molecule has 1 aromatic rings. The summed E-state index contributed by atoms with van der Waals surface area (Å²) in [4.78, 5) is 13.3. The van der Waals surface area contributed by atoms with Crippen molar-refractivity contribution in [2.24, 2.45) is 16.2 Å². The molecule has 1 aromatic carbocycles. The molecule has 2 nitrogen and oxygen atoms in total. The number of hydrogen-bond donors (Lipinski definition) is 1. The van der Waals surface area contributed by atoms with Gasteiger partial charge < -0.3 is 5.32 Å². The molecule has 3 saturated carbocycles. The Kier molecular flexibility index (Phi) is 4.56. The molecule has 0 saturated heterocycles. The summed E-state index contributed by atoms with van der Waals surface area (Å²) >= 11 is 11.3. The number of carbonyl (C=O) groups is 1. The highest BCUT2D eigenvalue weighted by Gasteiger charge is 2.83. The molecule has 0 aromatic heterocycles. The first-order valence-corrected chi connectivity index (χ1v) is 10.8. The van der Waals surface area contributed by atoms with Crippen LogP contribution in [-0.2, 0) is 11.2 Å². The van der Waals surface area contributed by atoms with E-state index in [-0.39, 0.29) is 30.7 Å². The van der Waals surface area contributed by atoms with Gasteiger partial charge in [-0.2, -0.15) is 0 Å². The minimum atomic E-state index is -0.351. The SMILES string of the molecule is CCc1ccc(NC(=O)C23CCC(C(Br)Br)(C2Br)C3(C)C)cc1. The predicted molar refractivity (Wildman–Crippen MR) is 107 cm³/mol. The summed E-state index contributed by atoms with van der Waals surface area (Å²) in [5.41, 5.74) is 1.81. The molecule has 3 unspecified atom stereocenters. The highest BCUT2D eigenvalue weighted by atomic mass is 79.9. The third-order valence-corrected chi connectivity index (χ3v) is 9.74. The van der Waals surface area contributed by atoms with Crippen molar-refractivity contribution in [3.05, 3.63) is 29.8 Å². The van der Waals surface area contributed by atoms with E-state index >= 15 is 0 Å². The van der Waals surface area contributed by atoms with Gasteiger partial charge in [0.25, 0.3) is 0 Å². The summed E-state index contributed by atoms with van der Waals surface area (Å²) in [6, 6.07) is 8.16. The molecular formula is C18H22Br3NO. The zero-order valence-electron chi connectivity index (χ0n) is 13.6. The number of hydrogen-bond acceptors (Lipinski definition) is 1. The van der Waals surface area contributed by atoms with E-state index in [1.807, 2.05) is 12.1 Å². The zero-order valence-corrected chi connectivity index (χ0v) is 18.4. The Morgan fingerprint density at radius 2 is 1.87 bits per heavy atom. The zero-order chi connectivity index (χ0) is 17.0.